The summed E-state index contributed by atoms with van der Waals surface area (Å²) < 4.78 is 10.8. The predicted molar refractivity (Wildman–Crippen MR) is 75.0 cm³/mol. The number of carboxylic acid groups (broad SMARTS) is 1. The molecule has 0 fully saturated rings. The molecule has 1 atom stereocenters. The number of furan rings is 1. The van der Waals surface area contributed by atoms with Crippen molar-refractivity contribution in [2.24, 2.45) is 5.92 Å². The first-order valence-corrected chi connectivity index (χ1v) is 6.95. The summed E-state index contributed by atoms with van der Waals surface area (Å²) >= 11 is 0. The normalized spacial score (nSPS) is 18.0. The van der Waals surface area contributed by atoms with Gasteiger partial charge in [-0.25, -0.2) is 9.59 Å². The monoisotopic (exact) mass is 295 g/mol. The van der Waals surface area contributed by atoms with Crippen LogP contribution in [0.5, 0.6) is 0 Å². The van der Waals surface area contributed by atoms with E-state index in [0.29, 0.717) is 12.3 Å². The van der Waals surface area contributed by atoms with E-state index >= 15 is 0 Å². The van der Waals surface area contributed by atoms with E-state index in [-0.39, 0.29) is 17.7 Å². The van der Waals surface area contributed by atoms with Crippen molar-refractivity contribution in [2.45, 2.75) is 52.8 Å². The molecule has 0 saturated carbocycles. The maximum Gasteiger partial charge on any atom is 0.411 e. The Morgan fingerprint density at radius 1 is 1.43 bits per heavy atom. The van der Waals surface area contributed by atoms with Gasteiger partial charge in [-0.05, 0) is 32.8 Å². The zero-order chi connectivity index (χ0) is 15.9. The van der Waals surface area contributed by atoms with Crippen molar-refractivity contribution in [2.75, 3.05) is 0 Å². The second kappa shape index (κ2) is 5.09. The maximum absolute atomic E-state index is 12.3. The molecule has 0 saturated heterocycles. The summed E-state index contributed by atoms with van der Waals surface area (Å²) in [6.45, 7) is 9.66. The minimum Gasteiger partial charge on any atom is -0.475 e. The van der Waals surface area contributed by atoms with Crippen molar-refractivity contribution in [3.8, 4) is 0 Å². The van der Waals surface area contributed by atoms with Crippen molar-refractivity contribution in [3.63, 3.8) is 0 Å². The van der Waals surface area contributed by atoms with Crippen molar-refractivity contribution >= 4 is 12.1 Å². The minimum atomic E-state index is -1.10. The third kappa shape index (κ3) is 3.04. The van der Waals surface area contributed by atoms with Gasteiger partial charge < -0.3 is 14.3 Å². The Kier molecular flexibility index (Phi) is 3.74. The van der Waals surface area contributed by atoms with E-state index in [4.69, 9.17) is 14.3 Å². The molecule has 2 heterocycles. The number of rotatable bonds is 2. The molecule has 6 heteroatoms. The molecular formula is C15H21NO5. The summed E-state index contributed by atoms with van der Waals surface area (Å²) in [5.74, 6) is -0.551. The number of hydrogen-bond acceptors (Lipinski definition) is 4. The van der Waals surface area contributed by atoms with E-state index in [2.05, 4.69) is 0 Å². The van der Waals surface area contributed by atoms with E-state index in [0.717, 1.165) is 5.56 Å². The highest BCUT2D eigenvalue weighted by Crippen LogP contribution is 2.41. The molecule has 0 radical (unpaired) electrons. The third-order valence-electron chi connectivity index (χ3n) is 3.26. The minimum absolute atomic E-state index is 0.0884. The molecule has 1 amide bonds. The number of fused-ring (bicyclic) bond motifs is 1. The first-order chi connectivity index (χ1) is 9.60. The van der Waals surface area contributed by atoms with Crippen LogP contribution in [0.2, 0.25) is 0 Å². The number of carbonyl (C=O) groups is 2. The average Bonchev–Trinajstić information content (AvgIpc) is 2.81. The summed E-state index contributed by atoms with van der Waals surface area (Å²) in [6.07, 6.45) is -0.413. The molecule has 0 bridgehead atoms. The highest BCUT2D eigenvalue weighted by molar-refractivity contribution is 5.85. The molecule has 6 nitrogen and oxygen atoms in total. The molecule has 1 aliphatic rings. The van der Waals surface area contributed by atoms with Gasteiger partial charge in [0.25, 0.3) is 0 Å². The average molecular weight is 295 g/mol. The van der Waals surface area contributed by atoms with Crippen LogP contribution in [0.3, 0.4) is 0 Å². The second-order valence-electron chi connectivity index (χ2n) is 6.60. The van der Waals surface area contributed by atoms with Gasteiger partial charge >= 0.3 is 12.1 Å². The first-order valence-electron chi connectivity index (χ1n) is 6.95. The van der Waals surface area contributed by atoms with E-state index in [1.54, 1.807) is 4.90 Å². The number of amides is 1. The van der Waals surface area contributed by atoms with Gasteiger partial charge in [-0.2, -0.15) is 0 Å². The van der Waals surface area contributed by atoms with Gasteiger partial charge in [0, 0.05) is 5.56 Å². The molecule has 1 aliphatic heterocycles. The Morgan fingerprint density at radius 3 is 2.52 bits per heavy atom. The van der Waals surface area contributed by atoms with Crippen LogP contribution in [0, 0.1) is 5.92 Å². The Morgan fingerprint density at radius 2 is 2.05 bits per heavy atom. The molecule has 1 aromatic rings. The number of nitrogens with zero attached hydrogens (tertiary/aromatic N) is 1. The summed E-state index contributed by atoms with van der Waals surface area (Å²) in [4.78, 5) is 24.9. The smallest absolute Gasteiger partial charge is 0.411 e. The molecule has 2 rings (SSSR count). The van der Waals surface area contributed by atoms with Crippen LogP contribution in [-0.4, -0.2) is 27.7 Å². The molecule has 1 N–H and O–H groups in total. The van der Waals surface area contributed by atoms with Gasteiger partial charge in [-0.3, -0.25) is 4.90 Å². The highest BCUT2D eigenvalue weighted by atomic mass is 16.6. The van der Waals surface area contributed by atoms with Crippen LogP contribution in [-0.2, 0) is 11.3 Å². The van der Waals surface area contributed by atoms with E-state index in [1.807, 2.05) is 34.6 Å². The molecule has 0 spiro atoms. The van der Waals surface area contributed by atoms with Gasteiger partial charge in [-0.1, -0.05) is 13.8 Å². The number of carbonyl (C=O) groups excluding carboxylic acids is 1. The fourth-order valence-electron chi connectivity index (χ4n) is 2.51. The molecule has 1 unspecified atom stereocenters. The van der Waals surface area contributed by atoms with Crippen LogP contribution < -0.4 is 0 Å². The molecule has 116 valence electrons. The zero-order valence-electron chi connectivity index (χ0n) is 13.0. The van der Waals surface area contributed by atoms with Crippen molar-refractivity contribution in [3.05, 3.63) is 23.2 Å². The number of carboxylic acids is 1. The van der Waals surface area contributed by atoms with Crippen molar-refractivity contribution in [1.29, 1.82) is 0 Å². The van der Waals surface area contributed by atoms with Crippen molar-refractivity contribution < 1.29 is 23.8 Å². The Hall–Kier alpha value is -1.98. The van der Waals surface area contributed by atoms with Gasteiger partial charge in [0.1, 0.15) is 11.4 Å². The summed E-state index contributed by atoms with van der Waals surface area (Å²) in [5.41, 5.74) is 0.158. The maximum atomic E-state index is 12.3. The molecule has 21 heavy (non-hydrogen) atoms. The Balaban J connectivity index is 2.28. The number of ether oxygens (including phenoxy) is 1. The zero-order valence-corrected chi connectivity index (χ0v) is 13.0. The van der Waals surface area contributed by atoms with Gasteiger partial charge in [0.05, 0.1) is 12.6 Å². The summed E-state index contributed by atoms with van der Waals surface area (Å²) in [5, 5.41) is 9.00. The lowest BCUT2D eigenvalue weighted by Crippen LogP contribution is -2.37. The second-order valence-corrected chi connectivity index (χ2v) is 6.60. The van der Waals surface area contributed by atoms with E-state index in [9.17, 15) is 9.59 Å². The fraction of sp³-hybridized carbons (Fsp3) is 0.600. The van der Waals surface area contributed by atoms with Crippen LogP contribution in [0.1, 0.15) is 62.5 Å². The van der Waals surface area contributed by atoms with Crippen LogP contribution in [0.4, 0.5) is 4.79 Å². The largest absolute Gasteiger partial charge is 0.475 e. The van der Waals surface area contributed by atoms with Crippen LogP contribution >= 0.6 is 0 Å². The SMILES string of the molecule is CC(C)C1c2oc(C(=O)O)cc2CN1C(=O)OC(C)(C)C. The van der Waals surface area contributed by atoms with Gasteiger partial charge in [0.2, 0.25) is 5.76 Å². The highest BCUT2D eigenvalue weighted by Gasteiger charge is 2.41. The lowest BCUT2D eigenvalue weighted by molar-refractivity contribution is 0.0106. The predicted octanol–water partition coefficient (Wildman–Crippen LogP) is 3.43. The number of aromatic carboxylic acids is 1. The molecular weight excluding hydrogens is 274 g/mol. The number of hydrogen-bond donors (Lipinski definition) is 1. The summed E-state index contributed by atoms with van der Waals surface area (Å²) in [6, 6.07) is 1.18. The summed E-state index contributed by atoms with van der Waals surface area (Å²) in [7, 11) is 0. The van der Waals surface area contributed by atoms with E-state index < -0.39 is 17.7 Å². The molecule has 0 aliphatic carbocycles. The van der Waals surface area contributed by atoms with Crippen LogP contribution in [0.25, 0.3) is 0 Å². The Bertz CT molecular complexity index is 567. The third-order valence-corrected chi connectivity index (χ3v) is 3.26. The van der Waals surface area contributed by atoms with E-state index in [1.165, 1.54) is 6.07 Å². The fourth-order valence-corrected chi connectivity index (χ4v) is 2.51. The van der Waals surface area contributed by atoms with Gasteiger partial charge in [0.15, 0.2) is 0 Å². The van der Waals surface area contributed by atoms with Crippen LogP contribution in [0.15, 0.2) is 10.5 Å². The topological polar surface area (TPSA) is 80.0 Å². The lowest BCUT2D eigenvalue weighted by atomic mass is 10.0. The standard InChI is InChI=1S/C15H21NO5/c1-8(2)11-12-9(6-10(20-12)13(17)18)7-16(11)14(19)21-15(3,4)5/h6,8,11H,7H2,1-5H3,(H,17,18). The molecule has 1 aromatic heterocycles. The molecule has 0 aromatic carbocycles. The van der Waals surface area contributed by atoms with Crippen molar-refractivity contribution in [1.82, 2.24) is 4.90 Å². The quantitative estimate of drug-likeness (QED) is 0.904. The lowest BCUT2D eigenvalue weighted by Gasteiger charge is -2.30. The first kappa shape index (κ1) is 15.4. The Labute approximate surface area is 123 Å². The van der Waals surface area contributed by atoms with Gasteiger partial charge in [-0.15, -0.1) is 0 Å².